The zero-order chi connectivity index (χ0) is 19.4. The first-order chi connectivity index (χ1) is 12.9. The number of aromatic hydroxyl groups is 1. The van der Waals surface area contributed by atoms with E-state index >= 15 is 0 Å². The standard InChI is InChI=1S/C19H23N3O4S/c1-14(2)15-3-8-19(23)18(13-15)21-20-16-4-6-17(7-5-16)27(24,25)22-9-11-26-12-10-22/h3-8,13-14,23H,9-12H2,1-2H3. The molecule has 1 saturated heterocycles. The Labute approximate surface area is 159 Å². The smallest absolute Gasteiger partial charge is 0.243 e. The molecule has 0 unspecified atom stereocenters. The van der Waals surface area contributed by atoms with Gasteiger partial charge in [-0.25, -0.2) is 8.42 Å². The first kappa shape index (κ1) is 19.5. The second-order valence-corrected chi connectivity index (χ2v) is 8.55. The maximum atomic E-state index is 12.6. The summed E-state index contributed by atoms with van der Waals surface area (Å²) >= 11 is 0. The van der Waals surface area contributed by atoms with E-state index in [2.05, 4.69) is 24.1 Å². The molecule has 0 spiro atoms. The lowest BCUT2D eigenvalue weighted by Crippen LogP contribution is -2.40. The molecule has 0 aromatic heterocycles. The zero-order valence-electron chi connectivity index (χ0n) is 15.4. The van der Waals surface area contributed by atoms with Crippen LogP contribution in [0.25, 0.3) is 0 Å². The molecule has 0 aliphatic carbocycles. The summed E-state index contributed by atoms with van der Waals surface area (Å²) in [4.78, 5) is 0.216. The summed E-state index contributed by atoms with van der Waals surface area (Å²) in [6.07, 6.45) is 0. The summed E-state index contributed by atoms with van der Waals surface area (Å²) in [5.74, 6) is 0.360. The van der Waals surface area contributed by atoms with Gasteiger partial charge in [-0.15, -0.1) is 5.11 Å². The Balaban J connectivity index is 1.78. The highest BCUT2D eigenvalue weighted by Crippen LogP contribution is 2.31. The van der Waals surface area contributed by atoms with Crippen molar-refractivity contribution in [2.45, 2.75) is 24.7 Å². The number of hydrogen-bond donors (Lipinski definition) is 1. The van der Waals surface area contributed by atoms with E-state index in [0.717, 1.165) is 5.56 Å². The average Bonchev–Trinajstić information content (AvgIpc) is 2.68. The lowest BCUT2D eigenvalue weighted by molar-refractivity contribution is 0.0730. The van der Waals surface area contributed by atoms with E-state index in [1.807, 2.05) is 6.07 Å². The van der Waals surface area contributed by atoms with Crippen LogP contribution >= 0.6 is 0 Å². The highest BCUT2D eigenvalue weighted by molar-refractivity contribution is 7.89. The van der Waals surface area contributed by atoms with E-state index in [0.29, 0.717) is 43.6 Å². The molecule has 0 saturated carbocycles. The minimum absolute atomic E-state index is 0.0506. The van der Waals surface area contributed by atoms with Gasteiger partial charge in [0.15, 0.2) is 0 Å². The number of sulfonamides is 1. The summed E-state index contributed by atoms with van der Waals surface area (Å²) < 4.78 is 31.8. The molecule has 1 aliphatic heterocycles. The summed E-state index contributed by atoms with van der Waals surface area (Å²) in [6.45, 7) is 5.64. The Morgan fingerprint density at radius 2 is 1.70 bits per heavy atom. The van der Waals surface area contributed by atoms with Crippen molar-refractivity contribution in [3.05, 3.63) is 48.0 Å². The van der Waals surface area contributed by atoms with Crippen molar-refractivity contribution in [3.8, 4) is 5.75 Å². The molecule has 27 heavy (non-hydrogen) atoms. The van der Waals surface area contributed by atoms with Crippen LogP contribution in [0.5, 0.6) is 5.75 Å². The fraction of sp³-hybridized carbons (Fsp3) is 0.368. The number of phenols is 1. The third kappa shape index (κ3) is 4.52. The molecule has 2 aromatic carbocycles. The highest BCUT2D eigenvalue weighted by atomic mass is 32.2. The number of nitrogens with zero attached hydrogens (tertiary/aromatic N) is 3. The number of phenolic OH excluding ortho intramolecular Hbond substituents is 1. The van der Waals surface area contributed by atoms with E-state index < -0.39 is 10.0 Å². The van der Waals surface area contributed by atoms with Crippen molar-refractivity contribution in [1.29, 1.82) is 0 Å². The van der Waals surface area contributed by atoms with Gasteiger partial charge in [0, 0.05) is 13.1 Å². The van der Waals surface area contributed by atoms with Crippen LogP contribution < -0.4 is 0 Å². The Morgan fingerprint density at radius 1 is 1.04 bits per heavy atom. The van der Waals surface area contributed by atoms with Crippen LogP contribution in [0.3, 0.4) is 0 Å². The van der Waals surface area contributed by atoms with Crippen molar-refractivity contribution in [3.63, 3.8) is 0 Å². The molecule has 7 nitrogen and oxygen atoms in total. The zero-order valence-corrected chi connectivity index (χ0v) is 16.2. The highest BCUT2D eigenvalue weighted by Gasteiger charge is 2.26. The molecule has 0 atom stereocenters. The fourth-order valence-electron chi connectivity index (χ4n) is 2.71. The predicted octanol–water partition coefficient (Wildman–Crippen LogP) is 3.95. The minimum Gasteiger partial charge on any atom is -0.506 e. The minimum atomic E-state index is -3.53. The van der Waals surface area contributed by atoms with E-state index in [1.165, 1.54) is 16.4 Å². The normalized spacial score (nSPS) is 16.3. The van der Waals surface area contributed by atoms with Crippen LogP contribution in [0.4, 0.5) is 11.4 Å². The monoisotopic (exact) mass is 389 g/mol. The molecule has 1 N–H and O–H groups in total. The molecule has 2 aromatic rings. The quantitative estimate of drug-likeness (QED) is 0.784. The molecule has 144 valence electrons. The third-order valence-electron chi connectivity index (χ3n) is 4.38. The van der Waals surface area contributed by atoms with E-state index in [-0.39, 0.29) is 10.6 Å². The number of azo groups is 1. The van der Waals surface area contributed by atoms with Crippen LogP contribution in [-0.2, 0) is 14.8 Å². The maximum Gasteiger partial charge on any atom is 0.243 e. The first-order valence-electron chi connectivity index (χ1n) is 8.80. The van der Waals surface area contributed by atoms with E-state index in [1.54, 1.807) is 24.3 Å². The number of ether oxygens (including phenoxy) is 1. The first-order valence-corrected chi connectivity index (χ1v) is 10.2. The largest absolute Gasteiger partial charge is 0.506 e. The Hall–Kier alpha value is -2.29. The number of hydrogen-bond acceptors (Lipinski definition) is 6. The third-order valence-corrected chi connectivity index (χ3v) is 6.30. The van der Waals surface area contributed by atoms with Gasteiger partial charge in [-0.2, -0.15) is 9.42 Å². The molecule has 0 bridgehead atoms. The lowest BCUT2D eigenvalue weighted by atomic mass is 10.0. The molecular weight excluding hydrogens is 366 g/mol. The molecule has 0 amide bonds. The van der Waals surface area contributed by atoms with Crippen molar-refractivity contribution in [1.82, 2.24) is 4.31 Å². The molecule has 1 aliphatic rings. The van der Waals surface area contributed by atoms with Gasteiger partial charge in [0.05, 0.1) is 23.8 Å². The van der Waals surface area contributed by atoms with Gasteiger partial charge in [0.1, 0.15) is 11.4 Å². The molecular formula is C19H23N3O4S. The Bertz CT molecular complexity index is 918. The van der Waals surface area contributed by atoms with E-state index in [4.69, 9.17) is 4.74 Å². The molecule has 8 heteroatoms. The van der Waals surface area contributed by atoms with Crippen LogP contribution in [0, 0.1) is 0 Å². The van der Waals surface area contributed by atoms with Gasteiger partial charge in [-0.3, -0.25) is 0 Å². The topological polar surface area (TPSA) is 91.6 Å². The van der Waals surface area contributed by atoms with Gasteiger partial charge in [-0.05, 0) is 47.9 Å². The van der Waals surface area contributed by atoms with Crippen LogP contribution in [0.15, 0.2) is 57.6 Å². The number of rotatable bonds is 5. The van der Waals surface area contributed by atoms with Gasteiger partial charge in [0.25, 0.3) is 0 Å². The number of benzene rings is 2. The SMILES string of the molecule is CC(C)c1ccc(O)c(N=Nc2ccc(S(=O)(=O)N3CCOCC3)cc2)c1. The lowest BCUT2D eigenvalue weighted by Gasteiger charge is -2.26. The summed E-state index contributed by atoms with van der Waals surface area (Å²) in [5, 5.41) is 18.2. The second kappa shape index (κ2) is 8.16. The van der Waals surface area contributed by atoms with Crippen molar-refractivity contribution in [2.24, 2.45) is 10.2 Å². The molecule has 1 heterocycles. The van der Waals surface area contributed by atoms with Gasteiger partial charge in [-0.1, -0.05) is 19.9 Å². The second-order valence-electron chi connectivity index (χ2n) is 6.61. The van der Waals surface area contributed by atoms with Crippen LogP contribution in [0.1, 0.15) is 25.3 Å². The predicted molar refractivity (Wildman–Crippen MR) is 102 cm³/mol. The summed E-state index contributed by atoms with van der Waals surface area (Å²) in [7, 11) is -3.53. The Kier molecular flexibility index (Phi) is 5.88. The number of morpholine rings is 1. The van der Waals surface area contributed by atoms with Gasteiger partial charge < -0.3 is 9.84 Å². The average molecular weight is 389 g/mol. The van der Waals surface area contributed by atoms with Crippen molar-refractivity contribution < 1.29 is 18.3 Å². The Morgan fingerprint density at radius 3 is 2.33 bits per heavy atom. The molecule has 1 fully saturated rings. The van der Waals surface area contributed by atoms with Crippen LogP contribution in [0.2, 0.25) is 0 Å². The van der Waals surface area contributed by atoms with Gasteiger partial charge in [0.2, 0.25) is 10.0 Å². The molecule has 0 radical (unpaired) electrons. The fourth-order valence-corrected chi connectivity index (χ4v) is 4.12. The van der Waals surface area contributed by atoms with Gasteiger partial charge >= 0.3 is 0 Å². The van der Waals surface area contributed by atoms with Crippen molar-refractivity contribution in [2.75, 3.05) is 26.3 Å². The van der Waals surface area contributed by atoms with Crippen molar-refractivity contribution >= 4 is 21.4 Å². The summed E-state index contributed by atoms with van der Waals surface area (Å²) in [6, 6.07) is 11.5. The van der Waals surface area contributed by atoms with E-state index in [9.17, 15) is 13.5 Å². The summed E-state index contributed by atoms with van der Waals surface area (Å²) in [5.41, 5.74) is 1.94. The maximum absolute atomic E-state index is 12.6. The van der Waals surface area contributed by atoms with Crippen LogP contribution in [-0.4, -0.2) is 44.1 Å². The molecule has 3 rings (SSSR count).